The Morgan fingerprint density at radius 2 is 2.06 bits per heavy atom. The number of ether oxygens (including phenoxy) is 3. The maximum absolute atomic E-state index is 11.9. The van der Waals surface area contributed by atoms with Gasteiger partial charge in [-0.15, -0.1) is 0 Å². The zero-order valence-corrected chi connectivity index (χ0v) is 10.8. The van der Waals surface area contributed by atoms with Crippen molar-refractivity contribution in [2.75, 3.05) is 27.6 Å². The SMILES string of the molecule is COCOC[C@@H]1CCCC[C@]1(O)C(=O)C(=O)OC. The summed E-state index contributed by atoms with van der Waals surface area (Å²) < 4.78 is 14.3. The third-order valence-corrected chi connectivity index (χ3v) is 3.32. The first kappa shape index (κ1) is 15.1. The lowest BCUT2D eigenvalue weighted by Gasteiger charge is -2.37. The molecule has 0 saturated heterocycles. The lowest BCUT2D eigenvalue weighted by Crippen LogP contribution is -2.52. The van der Waals surface area contributed by atoms with Gasteiger partial charge in [-0.05, 0) is 12.8 Å². The molecule has 104 valence electrons. The average molecular weight is 260 g/mol. The minimum absolute atomic E-state index is 0.0962. The van der Waals surface area contributed by atoms with Crippen molar-refractivity contribution in [3.8, 4) is 0 Å². The molecule has 0 heterocycles. The van der Waals surface area contributed by atoms with Gasteiger partial charge in [0.25, 0.3) is 5.78 Å². The molecule has 0 amide bonds. The summed E-state index contributed by atoms with van der Waals surface area (Å²) in [6.45, 7) is 0.284. The normalized spacial score (nSPS) is 27.8. The molecule has 0 spiro atoms. The largest absolute Gasteiger partial charge is 0.463 e. The first-order valence-electron chi connectivity index (χ1n) is 5.98. The molecule has 0 aromatic rings. The van der Waals surface area contributed by atoms with Crippen LogP contribution in [-0.2, 0) is 23.8 Å². The summed E-state index contributed by atoms with van der Waals surface area (Å²) in [5.41, 5.74) is -1.67. The van der Waals surface area contributed by atoms with E-state index in [2.05, 4.69) is 4.74 Å². The molecule has 1 saturated carbocycles. The van der Waals surface area contributed by atoms with Crippen LogP contribution in [-0.4, -0.2) is 50.1 Å². The molecule has 1 aliphatic rings. The number of rotatable bonds is 6. The molecule has 6 heteroatoms. The number of hydrogen-bond donors (Lipinski definition) is 1. The number of methoxy groups -OCH3 is 2. The highest BCUT2D eigenvalue weighted by Gasteiger charge is 2.48. The number of aliphatic hydroxyl groups is 1. The molecular weight excluding hydrogens is 240 g/mol. The molecule has 1 rings (SSSR count). The second-order valence-electron chi connectivity index (χ2n) is 4.46. The number of hydrogen-bond acceptors (Lipinski definition) is 6. The van der Waals surface area contributed by atoms with Gasteiger partial charge < -0.3 is 19.3 Å². The van der Waals surface area contributed by atoms with Crippen LogP contribution in [0.15, 0.2) is 0 Å². The number of carbonyl (C=O) groups excluding carboxylic acids is 2. The molecule has 0 radical (unpaired) electrons. The molecule has 2 atom stereocenters. The van der Waals surface area contributed by atoms with Crippen molar-refractivity contribution in [2.45, 2.75) is 31.3 Å². The van der Waals surface area contributed by atoms with E-state index in [-0.39, 0.29) is 19.8 Å². The standard InChI is InChI=1S/C12H20O6/c1-16-8-18-7-9-5-3-4-6-12(9,15)10(13)11(14)17-2/h9,15H,3-8H2,1-2H3/t9-,12+/m0/s1. The second-order valence-corrected chi connectivity index (χ2v) is 4.46. The molecule has 1 fully saturated rings. The summed E-state index contributed by atoms with van der Waals surface area (Å²) >= 11 is 0. The van der Waals surface area contributed by atoms with Gasteiger partial charge in [-0.25, -0.2) is 4.79 Å². The van der Waals surface area contributed by atoms with E-state index in [1.807, 2.05) is 0 Å². The summed E-state index contributed by atoms with van der Waals surface area (Å²) in [5.74, 6) is -2.28. The maximum atomic E-state index is 11.9. The minimum Gasteiger partial charge on any atom is -0.463 e. The highest BCUT2D eigenvalue weighted by atomic mass is 16.7. The molecule has 18 heavy (non-hydrogen) atoms. The van der Waals surface area contributed by atoms with Gasteiger partial charge in [0.05, 0.1) is 13.7 Å². The quantitative estimate of drug-likeness (QED) is 0.319. The van der Waals surface area contributed by atoms with E-state index in [0.29, 0.717) is 12.8 Å². The van der Waals surface area contributed by atoms with Gasteiger partial charge in [-0.3, -0.25) is 4.79 Å². The van der Waals surface area contributed by atoms with Crippen molar-refractivity contribution in [1.29, 1.82) is 0 Å². The number of esters is 1. The van der Waals surface area contributed by atoms with E-state index in [0.717, 1.165) is 13.5 Å². The van der Waals surface area contributed by atoms with Crippen LogP contribution in [0.1, 0.15) is 25.7 Å². The van der Waals surface area contributed by atoms with Crippen molar-refractivity contribution < 1.29 is 28.9 Å². The predicted molar refractivity (Wildman–Crippen MR) is 61.8 cm³/mol. The fourth-order valence-electron chi connectivity index (χ4n) is 2.29. The van der Waals surface area contributed by atoms with Crippen molar-refractivity contribution in [3.05, 3.63) is 0 Å². The fourth-order valence-corrected chi connectivity index (χ4v) is 2.29. The highest BCUT2D eigenvalue weighted by molar-refractivity contribution is 6.36. The maximum Gasteiger partial charge on any atom is 0.377 e. The summed E-state index contributed by atoms with van der Waals surface area (Å²) in [5, 5.41) is 10.4. The van der Waals surface area contributed by atoms with Gasteiger partial charge in [-0.2, -0.15) is 0 Å². The van der Waals surface area contributed by atoms with Crippen LogP contribution in [0.4, 0.5) is 0 Å². The Hall–Kier alpha value is -0.980. The zero-order valence-electron chi connectivity index (χ0n) is 10.8. The van der Waals surface area contributed by atoms with Gasteiger partial charge in [0.2, 0.25) is 0 Å². The van der Waals surface area contributed by atoms with E-state index in [1.165, 1.54) is 7.11 Å². The van der Waals surface area contributed by atoms with Gasteiger partial charge in [0.15, 0.2) is 0 Å². The lowest BCUT2D eigenvalue weighted by molar-refractivity contribution is -0.170. The Labute approximate surface area is 106 Å². The topological polar surface area (TPSA) is 82.1 Å². The first-order valence-corrected chi connectivity index (χ1v) is 5.98. The van der Waals surface area contributed by atoms with Crippen molar-refractivity contribution in [1.82, 2.24) is 0 Å². The van der Waals surface area contributed by atoms with E-state index >= 15 is 0 Å². The molecule has 1 aliphatic carbocycles. The smallest absolute Gasteiger partial charge is 0.377 e. The van der Waals surface area contributed by atoms with Crippen LogP contribution in [0.3, 0.4) is 0 Å². The molecule has 6 nitrogen and oxygen atoms in total. The lowest BCUT2D eigenvalue weighted by atomic mass is 9.73. The molecule has 0 unspecified atom stereocenters. The van der Waals surface area contributed by atoms with Crippen LogP contribution in [0.5, 0.6) is 0 Å². The number of ketones is 1. The van der Waals surface area contributed by atoms with E-state index in [1.54, 1.807) is 0 Å². The summed E-state index contributed by atoms with van der Waals surface area (Å²) in [4.78, 5) is 23.2. The van der Waals surface area contributed by atoms with Crippen molar-refractivity contribution in [3.63, 3.8) is 0 Å². The van der Waals surface area contributed by atoms with E-state index < -0.39 is 23.3 Å². The Balaban J connectivity index is 2.72. The third-order valence-electron chi connectivity index (χ3n) is 3.32. The molecule has 0 aromatic heterocycles. The first-order chi connectivity index (χ1) is 8.56. The van der Waals surface area contributed by atoms with Gasteiger partial charge in [0.1, 0.15) is 12.4 Å². The predicted octanol–water partition coefficient (Wildman–Crippen LogP) is 0.270. The van der Waals surface area contributed by atoms with Gasteiger partial charge in [-0.1, -0.05) is 12.8 Å². The van der Waals surface area contributed by atoms with Gasteiger partial charge >= 0.3 is 5.97 Å². The highest BCUT2D eigenvalue weighted by Crippen LogP contribution is 2.35. The van der Waals surface area contributed by atoms with Gasteiger partial charge in [0, 0.05) is 13.0 Å². The summed E-state index contributed by atoms with van der Waals surface area (Å²) in [6.07, 6.45) is 2.52. The number of Topliss-reactive ketones (excluding diaryl/α,β-unsaturated/α-hetero) is 1. The Bertz CT molecular complexity index is 303. The Morgan fingerprint density at radius 1 is 1.33 bits per heavy atom. The van der Waals surface area contributed by atoms with Crippen molar-refractivity contribution >= 4 is 11.8 Å². The summed E-state index contributed by atoms with van der Waals surface area (Å²) in [6, 6.07) is 0. The molecule has 1 N–H and O–H groups in total. The van der Waals surface area contributed by atoms with Crippen LogP contribution in [0, 0.1) is 5.92 Å². The second kappa shape index (κ2) is 6.82. The molecule has 0 aromatic carbocycles. The third kappa shape index (κ3) is 3.28. The molecule has 0 aliphatic heterocycles. The Morgan fingerprint density at radius 3 is 2.67 bits per heavy atom. The van der Waals surface area contributed by atoms with E-state index in [4.69, 9.17) is 9.47 Å². The molecular formula is C12H20O6. The summed E-state index contributed by atoms with van der Waals surface area (Å²) in [7, 11) is 2.62. The fraction of sp³-hybridized carbons (Fsp3) is 0.833. The van der Waals surface area contributed by atoms with Crippen LogP contribution in [0.2, 0.25) is 0 Å². The number of carbonyl (C=O) groups is 2. The minimum atomic E-state index is -1.67. The van der Waals surface area contributed by atoms with Crippen LogP contribution < -0.4 is 0 Å². The average Bonchev–Trinajstić information content (AvgIpc) is 2.39. The van der Waals surface area contributed by atoms with E-state index in [9.17, 15) is 14.7 Å². The monoisotopic (exact) mass is 260 g/mol. The Kier molecular flexibility index (Phi) is 5.71. The zero-order chi connectivity index (χ0) is 13.6. The molecule has 0 bridgehead atoms. The van der Waals surface area contributed by atoms with Crippen LogP contribution in [0.25, 0.3) is 0 Å². The van der Waals surface area contributed by atoms with Crippen molar-refractivity contribution in [2.24, 2.45) is 5.92 Å². The van der Waals surface area contributed by atoms with Crippen LogP contribution >= 0.6 is 0 Å².